The Bertz CT molecular complexity index is 853. The van der Waals surface area contributed by atoms with Crippen molar-refractivity contribution in [3.8, 4) is 0 Å². The number of piperidine rings is 1. The van der Waals surface area contributed by atoms with Gasteiger partial charge >= 0.3 is 6.09 Å². The van der Waals surface area contributed by atoms with Gasteiger partial charge < -0.3 is 19.3 Å². The van der Waals surface area contributed by atoms with Gasteiger partial charge in [-0.15, -0.1) is 0 Å². The number of likely N-dealkylation sites (tertiary alicyclic amines) is 2. The number of morpholine rings is 1. The molecule has 0 N–H and O–H groups in total. The quantitative estimate of drug-likeness (QED) is 0.641. The van der Waals surface area contributed by atoms with E-state index in [4.69, 9.17) is 9.47 Å². The van der Waals surface area contributed by atoms with Gasteiger partial charge in [-0.3, -0.25) is 4.90 Å². The Morgan fingerprint density at radius 2 is 1.79 bits per heavy atom. The van der Waals surface area contributed by atoms with Crippen LogP contribution >= 0.6 is 0 Å². The molecule has 0 atom stereocenters. The van der Waals surface area contributed by atoms with Gasteiger partial charge in [0.2, 0.25) is 0 Å². The second-order valence-corrected chi connectivity index (χ2v) is 11.9. The zero-order valence-electron chi connectivity index (χ0n) is 21.6. The number of nitrogens with zero attached hydrogens (tertiary/aromatic N) is 3. The smallest absolute Gasteiger partial charge is 0.410 e. The Labute approximate surface area is 200 Å². The molecule has 6 heteroatoms. The van der Waals surface area contributed by atoms with Crippen LogP contribution in [0.4, 0.5) is 10.5 Å². The molecule has 1 spiro atoms. The average Bonchev–Trinajstić information content (AvgIpc) is 3.07. The van der Waals surface area contributed by atoms with Crippen molar-refractivity contribution >= 4 is 11.8 Å². The average molecular weight is 458 g/mol. The van der Waals surface area contributed by atoms with Crippen molar-refractivity contribution in [2.24, 2.45) is 0 Å². The van der Waals surface area contributed by atoms with Gasteiger partial charge in [0.1, 0.15) is 5.60 Å². The normalized spacial score (nSPS) is 23.2. The Hall–Kier alpha value is -1.79. The predicted octanol–water partition coefficient (Wildman–Crippen LogP) is 4.98. The van der Waals surface area contributed by atoms with Gasteiger partial charge in [0.15, 0.2) is 0 Å². The van der Waals surface area contributed by atoms with Crippen molar-refractivity contribution in [3.63, 3.8) is 0 Å². The molecule has 3 aliphatic rings. The number of carbonyl (C=O) groups excluding carboxylic acids is 1. The van der Waals surface area contributed by atoms with Crippen LogP contribution in [0.15, 0.2) is 18.2 Å². The number of anilines is 1. The molecule has 0 aliphatic carbocycles. The van der Waals surface area contributed by atoms with E-state index >= 15 is 0 Å². The highest BCUT2D eigenvalue weighted by Crippen LogP contribution is 2.40. The molecule has 4 rings (SSSR count). The van der Waals surface area contributed by atoms with Crippen molar-refractivity contribution in [1.82, 2.24) is 9.80 Å². The molecule has 0 unspecified atom stereocenters. The van der Waals surface area contributed by atoms with E-state index in [2.05, 4.69) is 48.8 Å². The molecule has 0 bridgehead atoms. The molecular weight excluding hydrogens is 414 g/mol. The van der Waals surface area contributed by atoms with Crippen molar-refractivity contribution in [2.75, 3.05) is 44.2 Å². The van der Waals surface area contributed by atoms with Crippen LogP contribution in [0.1, 0.15) is 71.4 Å². The number of amides is 1. The Kier molecular flexibility index (Phi) is 6.71. The fourth-order valence-corrected chi connectivity index (χ4v) is 5.81. The molecule has 0 aromatic heterocycles. The summed E-state index contributed by atoms with van der Waals surface area (Å²) >= 11 is 0. The highest BCUT2D eigenvalue weighted by atomic mass is 16.6. The largest absolute Gasteiger partial charge is 0.444 e. The molecule has 1 amide bonds. The minimum absolute atomic E-state index is 0.108. The molecule has 1 aromatic rings. The van der Waals surface area contributed by atoms with Gasteiger partial charge in [0, 0.05) is 44.0 Å². The summed E-state index contributed by atoms with van der Waals surface area (Å²) in [5, 5.41) is 0. The zero-order valence-corrected chi connectivity index (χ0v) is 21.6. The first-order chi connectivity index (χ1) is 15.4. The maximum atomic E-state index is 12.5. The molecule has 0 saturated carbocycles. The van der Waals surface area contributed by atoms with E-state index in [0.717, 1.165) is 58.7 Å². The van der Waals surface area contributed by atoms with Crippen LogP contribution in [-0.2, 0) is 16.0 Å². The maximum Gasteiger partial charge on any atom is 0.410 e. The molecule has 33 heavy (non-hydrogen) atoms. The Morgan fingerprint density at radius 1 is 1.06 bits per heavy atom. The molecule has 6 nitrogen and oxygen atoms in total. The lowest BCUT2D eigenvalue weighted by atomic mass is 9.84. The number of rotatable bonds is 3. The van der Waals surface area contributed by atoms with Gasteiger partial charge in [0.05, 0.1) is 12.2 Å². The summed E-state index contributed by atoms with van der Waals surface area (Å²) in [6, 6.07) is 7.04. The summed E-state index contributed by atoms with van der Waals surface area (Å²) in [5.74, 6) is 0. The molecule has 3 saturated heterocycles. The van der Waals surface area contributed by atoms with Crippen LogP contribution in [-0.4, -0.2) is 72.0 Å². The third kappa shape index (κ3) is 5.83. The van der Waals surface area contributed by atoms with E-state index in [-0.39, 0.29) is 17.2 Å². The van der Waals surface area contributed by atoms with Crippen LogP contribution in [0.5, 0.6) is 0 Å². The van der Waals surface area contributed by atoms with Gasteiger partial charge in [0.25, 0.3) is 0 Å². The SMILES string of the molecule is Cc1cc(CN2CCCC23CCN(C(=O)OC(C)(C)C)CC3)cc(N2CCOC(C)(C)C2)c1. The van der Waals surface area contributed by atoms with Crippen LogP contribution in [0.3, 0.4) is 0 Å². The van der Waals surface area contributed by atoms with E-state index in [1.807, 2.05) is 25.7 Å². The zero-order chi connectivity index (χ0) is 23.9. The summed E-state index contributed by atoms with van der Waals surface area (Å²) < 4.78 is 11.5. The van der Waals surface area contributed by atoms with Gasteiger partial charge in [-0.05, 0) is 97.0 Å². The highest BCUT2D eigenvalue weighted by molar-refractivity contribution is 5.68. The lowest BCUT2D eigenvalue weighted by Crippen LogP contribution is -2.53. The fourth-order valence-electron chi connectivity index (χ4n) is 5.81. The van der Waals surface area contributed by atoms with Crippen LogP contribution in [0, 0.1) is 6.92 Å². The number of hydrogen-bond donors (Lipinski definition) is 0. The number of carbonyl (C=O) groups is 1. The van der Waals surface area contributed by atoms with E-state index in [0.29, 0.717) is 0 Å². The molecule has 1 aromatic carbocycles. The Morgan fingerprint density at radius 3 is 2.45 bits per heavy atom. The highest BCUT2D eigenvalue weighted by Gasteiger charge is 2.44. The molecule has 0 radical (unpaired) electrons. The minimum Gasteiger partial charge on any atom is -0.444 e. The molecule has 3 aliphatic heterocycles. The third-order valence-electron chi connectivity index (χ3n) is 7.37. The van der Waals surface area contributed by atoms with E-state index in [1.165, 1.54) is 29.7 Å². The third-order valence-corrected chi connectivity index (χ3v) is 7.37. The van der Waals surface area contributed by atoms with Crippen molar-refractivity contribution in [1.29, 1.82) is 0 Å². The number of benzene rings is 1. The van der Waals surface area contributed by atoms with Crippen LogP contribution in [0.2, 0.25) is 0 Å². The summed E-state index contributed by atoms with van der Waals surface area (Å²) in [5.41, 5.74) is 3.69. The number of aryl methyl sites for hydroxylation is 1. The van der Waals surface area contributed by atoms with Gasteiger partial charge in [-0.25, -0.2) is 4.79 Å². The predicted molar refractivity (Wildman–Crippen MR) is 133 cm³/mol. The molecular formula is C27H43N3O3. The minimum atomic E-state index is -0.440. The maximum absolute atomic E-state index is 12.5. The van der Waals surface area contributed by atoms with Crippen molar-refractivity contribution < 1.29 is 14.3 Å². The van der Waals surface area contributed by atoms with E-state index in [1.54, 1.807) is 0 Å². The second-order valence-electron chi connectivity index (χ2n) is 11.9. The number of ether oxygens (including phenoxy) is 2. The standard InChI is InChI=1S/C27H43N3O3/c1-21-16-22(18-23(17-21)29-14-15-32-26(5,6)20-29)19-30-11-7-8-27(30)9-12-28(13-10-27)24(31)33-25(2,3)4/h16-18H,7-15,19-20H2,1-6H3. The monoisotopic (exact) mass is 457 g/mol. The summed E-state index contributed by atoms with van der Waals surface area (Å²) in [6.45, 7) is 18.7. The van der Waals surface area contributed by atoms with Crippen LogP contribution < -0.4 is 4.90 Å². The van der Waals surface area contributed by atoms with Crippen molar-refractivity contribution in [2.45, 2.75) is 90.5 Å². The molecule has 184 valence electrons. The first kappa shape index (κ1) is 24.3. The summed E-state index contributed by atoms with van der Waals surface area (Å²) in [6.07, 6.45) is 4.36. The lowest BCUT2D eigenvalue weighted by Gasteiger charge is -2.45. The van der Waals surface area contributed by atoms with Crippen LogP contribution in [0.25, 0.3) is 0 Å². The first-order valence-corrected chi connectivity index (χ1v) is 12.7. The lowest BCUT2D eigenvalue weighted by molar-refractivity contribution is -0.0277. The first-order valence-electron chi connectivity index (χ1n) is 12.7. The van der Waals surface area contributed by atoms with Gasteiger partial charge in [-0.1, -0.05) is 6.07 Å². The fraction of sp³-hybridized carbons (Fsp3) is 0.741. The van der Waals surface area contributed by atoms with Crippen molar-refractivity contribution in [3.05, 3.63) is 29.3 Å². The van der Waals surface area contributed by atoms with Gasteiger partial charge in [-0.2, -0.15) is 0 Å². The van der Waals surface area contributed by atoms with E-state index < -0.39 is 5.60 Å². The van der Waals surface area contributed by atoms with E-state index in [9.17, 15) is 4.79 Å². The number of hydrogen-bond acceptors (Lipinski definition) is 5. The second kappa shape index (κ2) is 9.10. The molecule has 3 fully saturated rings. The summed E-state index contributed by atoms with van der Waals surface area (Å²) in [7, 11) is 0. The topological polar surface area (TPSA) is 45.2 Å². The Balaban J connectivity index is 1.43. The summed E-state index contributed by atoms with van der Waals surface area (Å²) in [4.78, 5) is 19.6. The molecule has 3 heterocycles.